The number of pyridine rings is 1. The fraction of sp³-hybridized carbons (Fsp3) is 0.0588. The first-order chi connectivity index (χ1) is 12.2. The zero-order chi connectivity index (χ0) is 17.2. The molecule has 25 heavy (non-hydrogen) atoms. The average molecular weight is 334 g/mol. The van der Waals surface area contributed by atoms with Gasteiger partial charge < -0.3 is 9.73 Å². The molecule has 2 N–H and O–H groups in total. The van der Waals surface area contributed by atoms with Crippen molar-refractivity contribution >= 4 is 11.6 Å². The van der Waals surface area contributed by atoms with Crippen LogP contribution in [0, 0.1) is 0 Å². The van der Waals surface area contributed by atoms with Crippen molar-refractivity contribution in [2.24, 2.45) is 7.05 Å². The summed E-state index contributed by atoms with van der Waals surface area (Å²) in [4.78, 5) is 16.8. The minimum Gasteiger partial charge on any atom is -0.451 e. The molecule has 0 spiro atoms. The van der Waals surface area contributed by atoms with Crippen LogP contribution in [0.3, 0.4) is 0 Å². The van der Waals surface area contributed by atoms with Crippen LogP contribution in [0.5, 0.6) is 0 Å². The third-order valence-corrected chi connectivity index (χ3v) is 3.60. The number of carbonyl (C=O) groups excluding carboxylic acids is 1. The van der Waals surface area contributed by atoms with Crippen LogP contribution >= 0.6 is 0 Å². The maximum Gasteiger partial charge on any atom is 0.291 e. The first kappa shape index (κ1) is 14.9. The van der Waals surface area contributed by atoms with E-state index in [1.807, 2.05) is 18.2 Å². The summed E-state index contributed by atoms with van der Waals surface area (Å²) < 4.78 is 7.22. The number of aromatic nitrogens is 5. The van der Waals surface area contributed by atoms with Crippen molar-refractivity contribution < 1.29 is 9.21 Å². The van der Waals surface area contributed by atoms with E-state index >= 15 is 0 Å². The van der Waals surface area contributed by atoms with Crippen LogP contribution in [0.1, 0.15) is 10.6 Å². The summed E-state index contributed by atoms with van der Waals surface area (Å²) >= 11 is 0. The van der Waals surface area contributed by atoms with Gasteiger partial charge in [0.2, 0.25) is 0 Å². The van der Waals surface area contributed by atoms with E-state index in [1.54, 1.807) is 48.6 Å². The highest BCUT2D eigenvalue weighted by molar-refractivity contribution is 6.04. The largest absolute Gasteiger partial charge is 0.451 e. The van der Waals surface area contributed by atoms with E-state index < -0.39 is 0 Å². The summed E-state index contributed by atoms with van der Waals surface area (Å²) in [5, 5.41) is 13.8. The number of hydrogen-bond acceptors (Lipinski definition) is 5. The van der Waals surface area contributed by atoms with Gasteiger partial charge in [0, 0.05) is 25.6 Å². The molecule has 0 radical (unpaired) electrons. The molecule has 124 valence electrons. The van der Waals surface area contributed by atoms with E-state index in [0.29, 0.717) is 22.8 Å². The van der Waals surface area contributed by atoms with Gasteiger partial charge in [-0.25, -0.2) is 0 Å². The molecule has 4 heterocycles. The van der Waals surface area contributed by atoms with Crippen LogP contribution in [0.2, 0.25) is 0 Å². The lowest BCUT2D eigenvalue weighted by Crippen LogP contribution is -2.11. The molecule has 0 aliphatic heterocycles. The van der Waals surface area contributed by atoms with E-state index in [0.717, 1.165) is 5.56 Å². The Hall–Kier alpha value is -3.68. The Labute approximate surface area is 142 Å². The van der Waals surface area contributed by atoms with Gasteiger partial charge in [-0.3, -0.25) is 19.6 Å². The summed E-state index contributed by atoms with van der Waals surface area (Å²) in [5.74, 6) is 0.405. The molecule has 0 saturated heterocycles. The smallest absolute Gasteiger partial charge is 0.291 e. The van der Waals surface area contributed by atoms with Gasteiger partial charge in [0.1, 0.15) is 11.5 Å². The van der Waals surface area contributed by atoms with Crippen LogP contribution in [0.25, 0.3) is 22.7 Å². The Bertz CT molecular complexity index is 1000. The van der Waals surface area contributed by atoms with Gasteiger partial charge in [-0.2, -0.15) is 10.2 Å². The number of aromatic amines is 1. The van der Waals surface area contributed by atoms with Crippen LogP contribution in [-0.4, -0.2) is 30.9 Å². The summed E-state index contributed by atoms with van der Waals surface area (Å²) in [5.41, 5.74) is 2.61. The fourth-order valence-corrected chi connectivity index (χ4v) is 2.46. The lowest BCUT2D eigenvalue weighted by Gasteiger charge is -2.03. The van der Waals surface area contributed by atoms with Crippen LogP contribution in [0.4, 0.5) is 5.69 Å². The highest BCUT2D eigenvalue weighted by atomic mass is 16.3. The lowest BCUT2D eigenvalue weighted by molar-refractivity contribution is 0.0997. The Kier molecular flexibility index (Phi) is 3.62. The normalized spacial score (nSPS) is 10.8. The fourth-order valence-electron chi connectivity index (χ4n) is 2.46. The highest BCUT2D eigenvalue weighted by Gasteiger charge is 2.17. The van der Waals surface area contributed by atoms with Gasteiger partial charge in [0.05, 0.1) is 23.1 Å². The molecule has 0 aliphatic rings. The number of aryl methyl sites for hydroxylation is 1. The minimum absolute atomic E-state index is 0.201. The van der Waals surface area contributed by atoms with Gasteiger partial charge in [0.15, 0.2) is 5.76 Å². The van der Waals surface area contributed by atoms with E-state index in [4.69, 9.17) is 4.42 Å². The van der Waals surface area contributed by atoms with Gasteiger partial charge in [-0.1, -0.05) is 6.07 Å². The molecule has 1 amide bonds. The molecule has 4 aromatic heterocycles. The van der Waals surface area contributed by atoms with Gasteiger partial charge in [-0.05, 0) is 24.3 Å². The monoisotopic (exact) mass is 334 g/mol. The number of nitrogens with zero attached hydrogens (tertiary/aromatic N) is 4. The molecule has 0 aliphatic carbocycles. The molecular weight excluding hydrogens is 320 g/mol. The van der Waals surface area contributed by atoms with Crippen molar-refractivity contribution in [2.45, 2.75) is 0 Å². The molecule has 0 aromatic carbocycles. The van der Waals surface area contributed by atoms with Crippen molar-refractivity contribution in [3.05, 3.63) is 60.9 Å². The zero-order valence-electron chi connectivity index (χ0n) is 13.3. The number of H-pyrrole nitrogens is 1. The van der Waals surface area contributed by atoms with E-state index in [-0.39, 0.29) is 11.7 Å². The Balaban J connectivity index is 1.60. The van der Waals surface area contributed by atoms with Crippen molar-refractivity contribution in [3.63, 3.8) is 0 Å². The summed E-state index contributed by atoms with van der Waals surface area (Å²) in [6.45, 7) is 0. The molecule has 0 bridgehead atoms. The Morgan fingerprint density at radius 1 is 1.28 bits per heavy atom. The van der Waals surface area contributed by atoms with Crippen LogP contribution in [0.15, 0.2) is 59.5 Å². The third-order valence-electron chi connectivity index (χ3n) is 3.60. The zero-order valence-corrected chi connectivity index (χ0v) is 13.3. The predicted octanol–water partition coefficient (Wildman–Crippen LogP) is 2.72. The topological polar surface area (TPSA) is 102 Å². The molecule has 0 unspecified atom stereocenters. The van der Waals surface area contributed by atoms with E-state index in [1.165, 1.54) is 0 Å². The maximum absolute atomic E-state index is 12.5. The second-order valence-electron chi connectivity index (χ2n) is 5.39. The van der Waals surface area contributed by atoms with Crippen LogP contribution < -0.4 is 5.32 Å². The van der Waals surface area contributed by atoms with E-state index in [9.17, 15) is 4.79 Å². The average Bonchev–Trinajstić information content (AvgIpc) is 3.36. The maximum atomic E-state index is 12.5. The molecular formula is C17H14N6O2. The predicted molar refractivity (Wildman–Crippen MR) is 90.7 cm³/mol. The first-order valence-corrected chi connectivity index (χ1v) is 7.56. The molecule has 4 aromatic rings. The molecule has 4 rings (SSSR count). The molecule has 8 heteroatoms. The number of amides is 1. The lowest BCUT2D eigenvalue weighted by atomic mass is 10.2. The summed E-state index contributed by atoms with van der Waals surface area (Å²) in [6, 6.07) is 8.87. The highest BCUT2D eigenvalue weighted by Crippen LogP contribution is 2.26. The van der Waals surface area contributed by atoms with Crippen molar-refractivity contribution in [1.82, 2.24) is 25.0 Å². The van der Waals surface area contributed by atoms with Crippen molar-refractivity contribution in [3.8, 4) is 22.7 Å². The third kappa shape index (κ3) is 2.92. The number of furan rings is 1. The number of rotatable bonds is 4. The number of nitrogens with one attached hydrogen (secondary N) is 2. The number of anilines is 1. The SMILES string of the molecule is Cn1cc(NC(=O)c2ccc(-c3cn[nH]c3)o2)c(-c2ccccn2)n1. The first-order valence-electron chi connectivity index (χ1n) is 7.56. The Morgan fingerprint density at radius 3 is 2.96 bits per heavy atom. The number of hydrogen-bond donors (Lipinski definition) is 2. The second kappa shape index (κ2) is 6.08. The minimum atomic E-state index is -0.361. The number of carbonyl (C=O) groups is 1. The Morgan fingerprint density at radius 2 is 2.20 bits per heavy atom. The quantitative estimate of drug-likeness (QED) is 0.597. The van der Waals surface area contributed by atoms with Gasteiger partial charge in [-0.15, -0.1) is 0 Å². The van der Waals surface area contributed by atoms with Crippen LogP contribution in [-0.2, 0) is 7.05 Å². The van der Waals surface area contributed by atoms with Gasteiger partial charge >= 0.3 is 0 Å². The molecule has 0 saturated carbocycles. The molecule has 0 atom stereocenters. The summed E-state index contributed by atoms with van der Waals surface area (Å²) in [6.07, 6.45) is 6.72. The molecule has 8 nitrogen and oxygen atoms in total. The standard InChI is InChI=1S/C17H14N6O2/c1-23-10-13(16(22-23)12-4-2-3-7-18-12)21-17(24)15-6-5-14(25-15)11-8-19-20-9-11/h2-10H,1H3,(H,19,20)(H,21,24). The van der Waals surface area contributed by atoms with Gasteiger partial charge in [0.25, 0.3) is 5.91 Å². The van der Waals surface area contributed by atoms with Crippen molar-refractivity contribution in [2.75, 3.05) is 5.32 Å². The van der Waals surface area contributed by atoms with Crippen molar-refractivity contribution in [1.29, 1.82) is 0 Å². The molecule has 0 fully saturated rings. The second-order valence-corrected chi connectivity index (χ2v) is 5.39. The summed E-state index contributed by atoms with van der Waals surface area (Å²) in [7, 11) is 1.78. The van der Waals surface area contributed by atoms with E-state index in [2.05, 4.69) is 25.6 Å².